The summed E-state index contributed by atoms with van der Waals surface area (Å²) < 4.78 is 5.22. The maximum Gasteiger partial charge on any atom is 0.334 e. The van der Waals surface area contributed by atoms with Gasteiger partial charge < -0.3 is 25.2 Å². The lowest BCUT2D eigenvalue weighted by atomic mass is 9.62. The van der Waals surface area contributed by atoms with Gasteiger partial charge in [0.15, 0.2) is 0 Å². The number of carboxylic acids is 2. The summed E-state index contributed by atoms with van der Waals surface area (Å²) in [5.41, 5.74) is -4.31. The van der Waals surface area contributed by atoms with Crippen LogP contribution >= 0.6 is 0 Å². The summed E-state index contributed by atoms with van der Waals surface area (Å²) in [6, 6.07) is 5.89. The van der Waals surface area contributed by atoms with Crippen molar-refractivity contribution >= 4 is 11.9 Å². The first kappa shape index (κ1) is 17.7. The average Bonchev–Trinajstić information content (AvgIpc) is 2.52. The van der Waals surface area contributed by atoms with Crippen LogP contribution in [0.3, 0.4) is 0 Å². The molecule has 1 aliphatic carbocycles. The van der Waals surface area contributed by atoms with Gasteiger partial charge in [-0.25, -0.2) is 4.79 Å². The van der Waals surface area contributed by atoms with E-state index in [1.54, 1.807) is 0 Å². The number of benzene rings is 1. The lowest BCUT2D eigenvalue weighted by Gasteiger charge is -2.42. The third-order valence-electron chi connectivity index (χ3n) is 4.14. The molecule has 24 heavy (non-hydrogen) atoms. The second-order valence-corrected chi connectivity index (χ2v) is 5.53. The van der Waals surface area contributed by atoms with Gasteiger partial charge in [-0.05, 0) is 30.7 Å². The van der Waals surface area contributed by atoms with E-state index in [-0.39, 0.29) is 18.8 Å². The van der Waals surface area contributed by atoms with Gasteiger partial charge in [-0.2, -0.15) is 0 Å². The number of aliphatic hydroxyl groups is 2. The molecule has 1 aromatic rings. The lowest BCUT2D eigenvalue weighted by Crippen LogP contribution is -2.57. The largest absolute Gasteiger partial charge is 0.491 e. The number of aliphatic hydroxyl groups excluding tert-OH is 1. The third kappa shape index (κ3) is 2.68. The molecule has 2 unspecified atom stereocenters. The number of carboxylic acid groups (broad SMARTS) is 2. The van der Waals surface area contributed by atoms with Crippen molar-refractivity contribution in [2.45, 2.75) is 17.9 Å². The molecular weight excluding hydrogens is 316 g/mol. The Bertz CT molecular complexity index is 700. The van der Waals surface area contributed by atoms with E-state index in [0.29, 0.717) is 5.75 Å². The molecule has 1 aliphatic rings. The SMILES string of the molecule is CC1(O)C(C(=O)O)=CC=CC1(C(=O)O)c1ccc(OCCO)cc1. The number of aliphatic carboxylic acids is 2. The van der Waals surface area contributed by atoms with Crippen LogP contribution < -0.4 is 4.74 Å². The zero-order chi connectivity index (χ0) is 18.0. The highest BCUT2D eigenvalue weighted by Crippen LogP contribution is 2.44. The second-order valence-electron chi connectivity index (χ2n) is 5.53. The van der Waals surface area contributed by atoms with Gasteiger partial charge in [-0.15, -0.1) is 0 Å². The Morgan fingerprint density at radius 3 is 2.29 bits per heavy atom. The molecule has 128 valence electrons. The van der Waals surface area contributed by atoms with Crippen molar-refractivity contribution in [3.63, 3.8) is 0 Å². The van der Waals surface area contributed by atoms with Crippen molar-refractivity contribution in [1.29, 1.82) is 0 Å². The zero-order valence-corrected chi connectivity index (χ0v) is 13.0. The summed E-state index contributed by atoms with van der Waals surface area (Å²) in [6.07, 6.45) is 3.76. The molecule has 0 saturated heterocycles. The lowest BCUT2D eigenvalue weighted by molar-refractivity contribution is -0.151. The van der Waals surface area contributed by atoms with Crippen molar-refractivity contribution in [1.82, 2.24) is 0 Å². The summed E-state index contributed by atoms with van der Waals surface area (Å²) in [5, 5.41) is 38.6. The molecule has 0 fully saturated rings. The monoisotopic (exact) mass is 334 g/mol. The molecule has 7 heteroatoms. The van der Waals surface area contributed by atoms with Gasteiger partial charge in [-0.1, -0.05) is 24.3 Å². The highest BCUT2D eigenvalue weighted by molar-refractivity contribution is 5.96. The van der Waals surface area contributed by atoms with Gasteiger partial charge in [0.05, 0.1) is 12.2 Å². The smallest absolute Gasteiger partial charge is 0.334 e. The summed E-state index contributed by atoms with van der Waals surface area (Å²) in [6.45, 7) is 1.10. The van der Waals surface area contributed by atoms with E-state index in [1.807, 2.05) is 0 Å². The number of hydrogen-bond acceptors (Lipinski definition) is 5. The molecule has 2 atom stereocenters. The number of rotatable bonds is 6. The highest BCUT2D eigenvalue weighted by atomic mass is 16.5. The fourth-order valence-corrected chi connectivity index (χ4v) is 2.86. The summed E-state index contributed by atoms with van der Waals surface area (Å²) in [7, 11) is 0. The van der Waals surface area contributed by atoms with Gasteiger partial charge >= 0.3 is 11.9 Å². The first-order chi connectivity index (χ1) is 11.3. The molecule has 0 aliphatic heterocycles. The van der Waals surface area contributed by atoms with Crippen molar-refractivity contribution in [2.75, 3.05) is 13.2 Å². The van der Waals surface area contributed by atoms with Crippen molar-refractivity contribution in [3.8, 4) is 5.75 Å². The Morgan fingerprint density at radius 1 is 1.17 bits per heavy atom. The number of carbonyl (C=O) groups is 2. The fraction of sp³-hybridized carbons (Fsp3) is 0.294. The first-order valence-corrected chi connectivity index (χ1v) is 7.20. The minimum atomic E-state index is -2.16. The predicted molar refractivity (Wildman–Crippen MR) is 83.8 cm³/mol. The van der Waals surface area contributed by atoms with Gasteiger partial charge in [0.2, 0.25) is 0 Å². The maximum atomic E-state index is 12.0. The van der Waals surface area contributed by atoms with Crippen LogP contribution in [-0.2, 0) is 15.0 Å². The summed E-state index contributed by atoms with van der Waals surface area (Å²) in [5.74, 6) is -2.35. The van der Waals surface area contributed by atoms with Crippen LogP contribution in [0.15, 0.2) is 48.1 Å². The Morgan fingerprint density at radius 2 is 1.79 bits per heavy atom. The van der Waals surface area contributed by atoms with Crippen LogP contribution in [0.2, 0.25) is 0 Å². The molecule has 2 rings (SSSR count). The average molecular weight is 334 g/mol. The van der Waals surface area contributed by atoms with Crippen LogP contribution in [0.1, 0.15) is 12.5 Å². The molecule has 0 aromatic heterocycles. The Labute approximate surface area is 138 Å². The van der Waals surface area contributed by atoms with Crippen LogP contribution in [0, 0.1) is 0 Å². The van der Waals surface area contributed by atoms with Crippen LogP contribution in [-0.4, -0.2) is 51.2 Å². The van der Waals surface area contributed by atoms with Gasteiger partial charge in [0.1, 0.15) is 23.4 Å². The van der Waals surface area contributed by atoms with Gasteiger partial charge in [0.25, 0.3) is 0 Å². The molecule has 0 amide bonds. The van der Waals surface area contributed by atoms with E-state index < -0.39 is 28.5 Å². The molecule has 4 N–H and O–H groups in total. The quantitative estimate of drug-likeness (QED) is 0.604. The molecule has 1 aromatic carbocycles. The van der Waals surface area contributed by atoms with Gasteiger partial charge in [0, 0.05) is 0 Å². The van der Waals surface area contributed by atoms with E-state index in [1.165, 1.54) is 49.4 Å². The minimum Gasteiger partial charge on any atom is -0.491 e. The van der Waals surface area contributed by atoms with E-state index in [2.05, 4.69) is 0 Å². The molecule has 0 bridgehead atoms. The molecule has 7 nitrogen and oxygen atoms in total. The second kappa shape index (κ2) is 6.46. The topological polar surface area (TPSA) is 124 Å². The standard InChI is InChI=1S/C17H18O7/c1-16(23)13(14(19)20)3-2-8-17(16,15(21)22)11-4-6-12(7-5-11)24-10-9-18/h2-8,18,23H,9-10H2,1H3,(H,19,20)(H,21,22). The van der Waals surface area contributed by atoms with Gasteiger partial charge in [-0.3, -0.25) is 4.79 Å². The Kier molecular flexibility index (Phi) is 4.77. The Balaban J connectivity index is 2.53. The van der Waals surface area contributed by atoms with E-state index in [9.17, 15) is 24.9 Å². The molecule has 0 spiro atoms. The normalized spacial score (nSPS) is 25.9. The van der Waals surface area contributed by atoms with E-state index in [4.69, 9.17) is 9.84 Å². The molecule has 0 heterocycles. The number of hydrogen-bond donors (Lipinski definition) is 4. The van der Waals surface area contributed by atoms with E-state index in [0.717, 1.165) is 0 Å². The zero-order valence-electron chi connectivity index (χ0n) is 13.0. The van der Waals surface area contributed by atoms with Crippen molar-refractivity contribution in [3.05, 3.63) is 53.6 Å². The highest BCUT2D eigenvalue weighted by Gasteiger charge is 2.57. The van der Waals surface area contributed by atoms with E-state index >= 15 is 0 Å². The number of allylic oxidation sites excluding steroid dienone is 2. The van der Waals surface area contributed by atoms with Crippen LogP contribution in [0.4, 0.5) is 0 Å². The first-order valence-electron chi connectivity index (χ1n) is 7.20. The van der Waals surface area contributed by atoms with Crippen molar-refractivity contribution < 1.29 is 34.8 Å². The number of ether oxygens (including phenoxy) is 1. The van der Waals surface area contributed by atoms with Crippen LogP contribution in [0.25, 0.3) is 0 Å². The maximum absolute atomic E-state index is 12.0. The summed E-state index contributed by atoms with van der Waals surface area (Å²) >= 11 is 0. The molecule has 0 radical (unpaired) electrons. The summed E-state index contributed by atoms with van der Waals surface area (Å²) in [4.78, 5) is 23.4. The molecular formula is C17H18O7. The third-order valence-corrected chi connectivity index (χ3v) is 4.14. The fourth-order valence-electron chi connectivity index (χ4n) is 2.86. The predicted octanol–water partition coefficient (Wildman–Crippen LogP) is 0.712. The molecule has 0 saturated carbocycles. The minimum absolute atomic E-state index is 0.0902. The Hall–Kier alpha value is -2.64. The van der Waals surface area contributed by atoms with Crippen molar-refractivity contribution in [2.24, 2.45) is 0 Å². The van der Waals surface area contributed by atoms with Crippen LogP contribution in [0.5, 0.6) is 5.75 Å².